The summed E-state index contributed by atoms with van der Waals surface area (Å²) in [6.07, 6.45) is 1.33. The van der Waals surface area contributed by atoms with Gasteiger partial charge in [-0.1, -0.05) is 39.3 Å². The van der Waals surface area contributed by atoms with E-state index in [1.165, 1.54) is 0 Å². The molecule has 24 heavy (non-hydrogen) atoms. The Labute approximate surface area is 150 Å². The van der Waals surface area contributed by atoms with Gasteiger partial charge in [0.15, 0.2) is 0 Å². The molecule has 0 unspecified atom stereocenters. The highest BCUT2D eigenvalue weighted by Gasteiger charge is 2.39. The molecule has 0 aliphatic carbocycles. The maximum atomic E-state index is 12.9. The van der Waals surface area contributed by atoms with Gasteiger partial charge in [-0.2, -0.15) is 0 Å². The van der Waals surface area contributed by atoms with Crippen molar-refractivity contribution in [1.29, 1.82) is 0 Å². The average molecular weight is 356 g/mol. The minimum Gasteiger partial charge on any atom is -0.492 e. The van der Waals surface area contributed by atoms with E-state index in [0.29, 0.717) is 47.7 Å². The van der Waals surface area contributed by atoms with Crippen molar-refractivity contribution in [2.75, 3.05) is 19.0 Å². The van der Waals surface area contributed by atoms with E-state index < -0.39 is 5.60 Å². The minimum absolute atomic E-state index is 0.132. The Morgan fingerprint density at radius 3 is 2.21 bits per heavy atom. The van der Waals surface area contributed by atoms with Crippen LogP contribution in [0, 0.1) is 11.8 Å². The molecule has 4 nitrogen and oxygen atoms in total. The molecule has 1 rings (SSSR count). The number of methoxy groups -OCH3 is 1. The van der Waals surface area contributed by atoms with E-state index in [0.717, 1.165) is 0 Å². The summed E-state index contributed by atoms with van der Waals surface area (Å²) in [6, 6.07) is 5.26. The van der Waals surface area contributed by atoms with E-state index in [2.05, 4.69) is 33.0 Å². The standard InChI is InChI=1S/C19H30ClNO3/c1-7-24-17-9-8-15(10-16(17)20)21-18(22)19(23-6,11-13(2)3)12-14(4)5/h8-10,13-14H,7,11-12H2,1-6H3,(H,21,22). The van der Waals surface area contributed by atoms with Gasteiger partial charge in [-0.3, -0.25) is 4.79 Å². The van der Waals surface area contributed by atoms with Gasteiger partial charge in [0.05, 0.1) is 11.6 Å². The maximum Gasteiger partial charge on any atom is 0.256 e. The van der Waals surface area contributed by atoms with Crippen LogP contribution in [0.15, 0.2) is 18.2 Å². The summed E-state index contributed by atoms with van der Waals surface area (Å²) >= 11 is 6.20. The van der Waals surface area contributed by atoms with Crippen molar-refractivity contribution in [3.63, 3.8) is 0 Å². The van der Waals surface area contributed by atoms with Gasteiger partial charge in [-0.05, 0) is 49.8 Å². The predicted octanol–water partition coefficient (Wildman–Crippen LogP) is 5.15. The number of rotatable bonds is 9. The van der Waals surface area contributed by atoms with Gasteiger partial charge in [-0.25, -0.2) is 0 Å². The molecule has 1 aromatic carbocycles. The lowest BCUT2D eigenvalue weighted by atomic mass is 9.84. The molecular formula is C19H30ClNO3. The summed E-state index contributed by atoms with van der Waals surface area (Å²) in [5, 5.41) is 3.43. The lowest BCUT2D eigenvalue weighted by Crippen LogP contribution is -2.46. The molecule has 5 heteroatoms. The number of anilines is 1. The van der Waals surface area contributed by atoms with Gasteiger partial charge < -0.3 is 14.8 Å². The third-order valence-electron chi connectivity index (χ3n) is 3.77. The number of carbonyl (C=O) groups is 1. The van der Waals surface area contributed by atoms with Crippen LogP contribution in [0.5, 0.6) is 5.75 Å². The normalized spacial score (nSPS) is 11.9. The van der Waals surface area contributed by atoms with Crippen LogP contribution in [-0.2, 0) is 9.53 Å². The van der Waals surface area contributed by atoms with Crippen molar-refractivity contribution in [3.8, 4) is 5.75 Å². The van der Waals surface area contributed by atoms with Crippen LogP contribution in [0.1, 0.15) is 47.5 Å². The van der Waals surface area contributed by atoms with Gasteiger partial charge in [0.25, 0.3) is 5.91 Å². The Morgan fingerprint density at radius 2 is 1.79 bits per heavy atom. The molecule has 1 aromatic rings. The summed E-state index contributed by atoms with van der Waals surface area (Å²) in [5.41, 5.74) is -0.199. The number of amides is 1. The number of nitrogens with one attached hydrogen (secondary N) is 1. The van der Waals surface area contributed by atoms with Crippen molar-refractivity contribution in [1.82, 2.24) is 0 Å². The van der Waals surface area contributed by atoms with E-state index in [-0.39, 0.29) is 5.91 Å². The van der Waals surface area contributed by atoms with Crippen molar-refractivity contribution < 1.29 is 14.3 Å². The highest BCUT2D eigenvalue weighted by molar-refractivity contribution is 6.32. The molecule has 0 aliphatic heterocycles. The van der Waals surface area contributed by atoms with E-state index in [4.69, 9.17) is 21.1 Å². The van der Waals surface area contributed by atoms with Gasteiger partial charge in [0, 0.05) is 12.8 Å². The predicted molar refractivity (Wildman–Crippen MR) is 99.9 cm³/mol. The number of carbonyl (C=O) groups excluding carboxylic acids is 1. The number of halogens is 1. The van der Waals surface area contributed by atoms with E-state index in [1.807, 2.05) is 6.92 Å². The lowest BCUT2D eigenvalue weighted by molar-refractivity contribution is -0.142. The summed E-state index contributed by atoms with van der Waals surface area (Å²) < 4.78 is 11.1. The average Bonchev–Trinajstić information content (AvgIpc) is 2.48. The van der Waals surface area contributed by atoms with Crippen molar-refractivity contribution in [2.45, 2.75) is 53.1 Å². The molecule has 136 valence electrons. The Hall–Kier alpha value is -1.26. The topological polar surface area (TPSA) is 47.6 Å². The largest absolute Gasteiger partial charge is 0.492 e. The Bertz CT molecular complexity index is 533. The molecular weight excluding hydrogens is 326 g/mol. The fraction of sp³-hybridized carbons (Fsp3) is 0.632. The molecule has 1 amide bonds. The first kappa shape index (κ1) is 20.8. The third-order valence-corrected chi connectivity index (χ3v) is 4.07. The molecule has 0 heterocycles. The second kappa shape index (κ2) is 9.28. The molecule has 1 N–H and O–H groups in total. The second-order valence-corrected chi connectivity index (χ2v) is 7.33. The lowest BCUT2D eigenvalue weighted by Gasteiger charge is -2.34. The zero-order chi connectivity index (χ0) is 18.3. The SMILES string of the molecule is CCOc1ccc(NC(=O)C(CC(C)C)(CC(C)C)OC)cc1Cl. The van der Waals surface area contributed by atoms with Crippen LogP contribution < -0.4 is 10.1 Å². The highest BCUT2D eigenvalue weighted by Crippen LogP contribution is 2.32. The molecule has 0 atom stereocenters. The molecule has 0 aromatic heterocycles. The Morgan fingerprint density at radius 1 is 1.21 bits per heavy atom. The monoisotopic (exact) mass is 355 g/mol. The fourth-order valence-electron chi connectivity index (χ4n) is 2.94. The van der Waals surface area contributed by atoms with Crippen LogP contribution in [0.4, 0.5) is 5.69 Å². The van der Waals surface area contributed by atoms with E-state index in [1.54, 1.807) is 25.3 Å². The maximum absolute atomic E-state index is 12.9. The zero-order valence-corrected chi connectivity index (χ0v) is 16.4. The molecule has 0 aliphatic rings. The smallest absolute Gasteiger partial charge is 0.256 e. The number of benzene rings is 1. The number of hydrogen-bond donors (Lipinski definition) is 1. The van der Waals surface area contributed by atoms with Gasteiger partial charge >= 0.3 is 0 Å². The molecule has 0 saturated carbocycles. The minimum atomic E-state index is -0.840. The van der Waals surface area contributed by atoms with E-state index in [9.17, 15) is 4.79 Å². The van der Waals surface area contributed by atoms with Crippen molar-refractivity contribution >= 4 is 23.2 Å². The summed E-state index contributed by atoms with van der Waals surface area (Å²) in [5.74, 6) is 1.17. The van der Waals surface area contributed by atoms with Gasteiger partial charge in [0.1, 0.15) is 11.4 Å². The number of hydrogen-bond acceptors (Lipinski definition) is 3. The number of ether oxygens (including phenoxy) is 2. The molecule has 0 spiro atoms. The van der Waals surface area contributed by atoms with Crippen molar-refractivity contribution in [3.05, 3.63) is 23.2 Å². The summed E-state index contributed by atoms with van der Waals surface area (Å²) in [4.78, 5) is 12.9. The molecule has 0 fully saturated rings. The van der Waals surface area contributed by atoms with Crippen molar-refractivity contribution in [2.24, 2.45) is 11.8 Å². The fourth-order valence-corrected chi connectivity index (χ4v) is 3.18. The first-order valence-corrected chi connectivity index (χ1v) is 8.90. The molecule has 0 bridgehead atoms. The molecule has 0 radical (unpaired) electrons. The first-order chi connectivity index (χ1) is 11.2. The van der Waals surface area contributed by atoms with Crippen LogP contribution in [0.3, 0.4) is 0 Å². The third kappa shape index (κ3) is 5.67. The summed E-state index contributed by atoms with van der Waals surface area (Å²) in [6.45, 7) is 10.8. The summed E-state index contributed by atoms with van der Waals surface area (Å²) in [7, 11) is 1.61. The Balaban J connectivity index is 3.00. The highest BCUT2D eigenvalue weighted by atomic mass is 35.5. The molecule has 0 saturated heterocycles. The van der Waals surface area contributed by atoms with Gasteiger partial charge in [0.2, 0.25) is 0 Å². The first-order valence-electron chi connectivity index (χ1n) is 8.53. The Kier molecular flexibility index (Phi) is 8.04. The van der Waals surface area contributed by atoms with Crippen LogP contribution in [-0.4, -0.2) is 25.2 Å². The van der Waals surface area contributed by atoms with Gasteiger partial charge in [-0.15, -0.1) is 0 Å². The van der Waals surface area contributed by atoms with E-state index >= 15 is 0 Å². The quantitative estimate of drug-likeness (QED) is 0.666. The van der Waals surface area contributed by atoms with Crippen LogP contribution >= 0.6 is 11.6 Å². The van der Waals surface area contributed by atoms with Crippen LogP contribution in [0.2, 0.25) is 5.02 Å². The van der Waals surface area contributed by atoms with Crippen LogP contribution in [0.25, 0.3) is 0 Å². The second-order valence-electron chi connectivity index (χ2n) is 6.93. The zero-order valence-electron chi connectivity index (χ0n) is 15.6.